The number of benzene rings is 1. The topological polar surface area (TPSA) is 195 Å². The maximum absolute atomic E-state index is 11.7. The Labute approximate surface area is 257 Å². The Morgan fingerprint density at radius 1 is 0.886 bits per heavy atom. The molecule has 0 bridgehead atoms. The zero-order valence-corrected chi connectivity index (χ0v) is 26.7. The van der Waals surface area contributed by atoms with Crippen molar-refractivity contribution in [1.82, 2.24) is 19.8 Å². The number of aromatic nitrogens is 2. The number of nitrogens with zero attached hydrogens (tertiary/aromatic N) is 2. The molecule has 15 heteroatoms. The molecule has 1 aromatic carbocycles. The minimum atomic E-state index is -3.21. The number of nitrogens with one attached hydrogen (secondary N) is 3. The van der Waals surface area contributed by atoms with Crippen LogP contribution in [0.5, 0.6) is 5.75 Å². The molecule has 0 radical (unpaired) electrons. The van der Waals surface area contributed by atoms with Crippen molar-refractivity contribution in [3.8, 4) is 5.75 Å². The number of anilines is 1. The summed E-state index contributed by atoms with van der Waals surface area (Å²) >= 11 is 0. The van der Waals surface area contributed by atoms with E-state index in [2.05, 4.69) is 44.9 Å². The van der Waals surface area contributed by atoms with Crippen molar-refractivity contribution in [3.63, 3.8) is 0 Å². The first-order valence-electron chi connectivity index (χ1n) is 13.0. The standard InChI is InChI=1S/C12H17N3O3.C10H11NO2.C7H13NO4S/c1-8(2)11(16)18-6-5-13-12(17)15-10(4)7-9(3)14-15;1-7(2)10(13)11-8-3-5-9(12)6-4-8;1-6(2)7(9)12-5-4-8-13(3,10)11/h7H,1,5-6H2,2-4H3,(H,13,17);3-6,12H,1H2,2H3,(H,11,13);8H,1,4-5H2,2-3H3. The molecule has 0 aliphatic heterocycles. The summed E-state index contributed by atoms with van der Waals surface area (Å²) in [6, 6.07) is 7.72. The average Bonchev–Trinajstić information content (AvgIpc) is 3.27. The number of aryl methyl sites for hydroxylation is 2. The molecule has 0 saturated heterocycles. The highest BCUT2D eigenvalue weighted by molar-refractivity contribution is 7.88. The maximum atomic E-state index is 11.7. The fraction of sp³-hybridized carbons (Fsp3) is 0.345. The number of carbonyl (C=O) groups is 4. The van der Waals surface area contributed by atoms with Crippen molar-refractivity contribution in [1.29, 1.82) is 0 Å². The lowest BCUT2D eigenvalue weighted by Crippen LogP contribution is -2.33. The van der Waals surface area contributed by atoms with Crippen LogP contribution >= 0.6 is 0 Å². The third kappa shape index (κ3) is 17.9. The van der Waals surface area contributed by atoms with E-state index in [-0.39, 0.29) is 44.0 Å². The highest BCUT2D eigenvalue weighted by Crippen LogP contribution is 2.14. The lowest BCUT2D eigenvalue weighted by Gasteiger charge is -2.07. The van der Waals surface area contributed by atoms with Crippen molar-refractivity contribution in [2.24, 2.45) is 0 Å². The van der Waals surface area contributed by atoms with E-state index in [1.807, 2.05) is 6.92 Å². The van der Waals surface area contributed by atoms with Gasteiger partial charge in [-0.1, -0.05) is 19.7 Å². The Bertz CT molecular complexity index is 1450. The number of phenolic OH excluding ortho intramolecular Hbond substituents is 1. The van der Waals surface area contributed by atoms with Crippen molar-refractivity contribution in [2.45, 2.75) is 34.6 Å². The largest absolute Gasteiger partial charge is 0.508 e. The molecule has 2 rings (SSSR count). The van der Waals surface area contributed by atoms with Crippen LogP contribution in [0.2, 0.25) is 0 Å². The fourth-order valence-corrected chi connectivity index (χ4v) is 3.06. The minimum absolute atomic E-state index is 0.0127. The molecule has 1 aromatic heterocycles. The van der Waals surface area contributed by atoms with Crippen molar-refractivity contribution in [2.75, 3.05) is 37.9 Å². The molecule has 2 aromatic rings. The number of carbonyl (C=O) groups excluding carboxylic acids is 4. The molecule has 0 spiro atoms. The second-order valence-corrected chi connectivity index (χ2v) is 11.2. The quantitative estimate of drug-likeness (QED) is 0.123. The van der Waals surface area contributed by atoms with Gasteiger partial charge in [0.15, 0.2) is 0 Å². The monoisotopic (exact) mass is 635 g/mol. The number of amides is 2. The van der Waals surface area contributed by atoms with Crippen LogP contribution in [0, 0.1) is 13.8 Å². The van der Waals surface area contributed by atoms with E-state index in [1.54, 1.807) is 39.0 Å². The number of phenols is 1. The van der Waals surface area contributed by atoms with E-state index in [4.69, 9.17) is 9.84 Å². The van der Waals surface area contributed by atoms with Crippen LogP contribution in [0.4, 0.5) is 10.5 Å². The van der Waals surface area contributed by atoms with Gasteiger partial charge < -0.3 is 25.2 Å². The van der Waals surface area contributed by atoms with Crippen molar-refractivity contribution < 1.29 is 42.2 Å². The smallest absolute Gasteiger partial charge is 0.342 e. The lowest BCUT2D eigenvalue weighted by atomic mass is 10.2. The van der Waals surface area contributed by atoms with Gasteiger partial charge in [-0.15, -0.1) is 0 Å². The molecule has 242 valence electrons. The van der Waals surface area contributed by atoms with Crippen molar-refractivity contribution >= 4 is 39.6 Å². The van der Waals surface area contributed by atoms with Crippen LogP contribution in [-0.2, 0) is 33.9 Å². The SMILES string of the molecule is C=C(C)C(=O)Nc1ccc(O)cc1.C=C(C)C(=O)OCCNC(=O)n1nc(C)cc1C.C=C(C)C(=O)OCCNS(C)(=O)=O. The van der Waals surface area contributed by atoms with Gasteiger partial charge in [-0.3, -0.25) is 4.79 Å². The summed E-state index contributed by atoms with van der Waals surface area (Å²) in [6.45, 7) is 19.1. The molecule has 2 amide bonds. The first-order valence-corrected chi connectivity index (χ1v) is 14.9. The summed E-state index contributed by atoms with van der Waals surface area (Å²) in [5.41, 5.74) is 3.25. The molecule has 0 aliphatic rings. The number of hydrogen-bond donors (Lipinski definition) is 4. The van der Waals surface area contributed by atoms with Crippen LogP contribution in [0.25, 0.3) is 0 Å². The summed E-state index contributed by atoms with van der Waals surface area (Å²) in [5, 5.41) is 18.2. The van der Waals surface area contributed by atoms with E-state index in [0.717, 1.165) is 17.6 Å². The van der Waals surface area contributed by atoms with Gasteiger partial charge in [0.05, 0.1) is 18.5 Å². The second kappa shape index (κ2) is 19.4. The minimum Gasteiger partial charge on any atom is -0.508 e. The Morgan fingerprint density at radius 2 is 1.39 bits per heavy atom. The Morgan fingerprint density at radius 3 is 1.80 bits per heavy atom. The number of ether oxygens (including phenoxy) is 2. The van der Waals surface area contributed by atoms with E-state index >= 15 is 0 Å². The fourth-order valence-electron chi connectivity index (χ4n) is 2.61. The number of aromatic hydroxyl groups is 1. The lowest BCUT2D eigenvalue weighted by molar-refractivity contribution is -0.139. The van der Waals surface area contributed by atoms with E-state index in [1.165, 1.54) is 23.7 Å². The zero-order valence-electron chi connectivity index (χ0n) is 25.9. The molecule has 0 atom stereocenters. The first kappa shape index (κ1) is 39.2. The molecule has 0 aliphatic carbocycles. The van der Waals surface area contributed by atoms with E-state index < -0.39 is 22.0 Å². The molecule has 14 nitrogen and oxygen atoms in total. The highest BCUT2D eigenvalue weighted by atomic mass is 32.2. The Kier molecular flexibility index (Phi) is 17.3. The molecule has 0 fully saturated rings. The molecular formula is C29H41N5O9S. The van der Waals surface area contributed by atoms with E-state index in [9.17, 15) is 27.6 Å². The van der Waals surface area contributed by atoms with Crippen LogP contribution in [0.1, 0.15) is 32.2 Å². The van der Waals surface area contributed by atoms with Gasteiger partial charge in [0.1, 0.15) is 19.0 Å². The van der Waals surface area contributed by atoms with Crippen LogP contribution < -0.4 is 15.4 Å². The summed E-state index contributed by atoms with van der Waals surface area (Å²) in [6.07, 6.45) is 1.04. The molecular weight excluding hydrogens is 594 g/mol. The van der Waals surface area contributed by atoms with Gasteiger partial charge in [0.2, 0.25) is 10.0 Å². The molecule has 4 N–H and O–H groups in total. The maximum Gasteiger partial charge on any atom is 0.342 e. The van der Waals surface area contributed by atoms with Gasteiger partial charge in [0.25, 0.3) is 5.91 Å². The molecule has 0 saturated carbocycles. The van der Waals surface area contributed by atoms with Crippen LogP contribution in [0.3, 0.4) is 0 Å². The molecule has 0 unspecified atom stereocenters. The summed E-state index contributed by atoms with van der Waals surface area (Å²) in [7, 11) is -3.21. The van der Waals surface area contributed by atoms with Gasteiger partial charge in [-0.2, -0.15) is 9.78 Å². The predicted molar refractivity (Wildman–Crippen MR) is 166 cm³/mol. The first-order chi connectivity index (χ1) is 20.3. The number of rotatable bonds is 11. The highest BCUT2D eigenvalue weighted by Gasteiger charge is 2.10. The van der Waals surface area contributed by atoms with Crippen LogP contribution in [0.15, 0.2) is 66.8 Å². The molecule has 1 heterocycles. The third-order valence-corrected chi connectivity index (χ3v) is 5.45. The Hall–Kier alpha value is -4.76. The van der Waals surface area contributed by atoms with Gasteiger partial charge in [-0.05, 0) is 65.0 Å². The second-order valence-electron chi connectivity index (χ2n) is 9.35. The zero-order chi connectivity index (χ0) is 34.0. The summed E-state index contributed by atoms with van der Waals surface area (Å²) in [5.74, 6) is -1.02. The average molecular weight is 636 g/mol. The van der Waals surface area contributed by atoms with E-state index in [0.29, 0.717) is 22.4 Å². The molecule has 44 heavy (non-hydrogen) atoms. The third-order valence-electron chi connectivity index (χ3n) is 4.72. The van der Waals surface area contributed by atoms with Gasteiger partial charge in [-0.25, -0.2) is 27.5 Å². The van der Waals surface area contributed by atoms with Crippen LogP contribution in [-0.4, -0.2) is 79.7 Å². The summed E-state index contributed by atoms with van der Waals surface area (Å²) < 4.78 is 34.0. The number of esters is 2. The number of sulfonamides is 1. The number of hydrogen-bond acceptors (Lipinski definition) is 10. The van der Waals surface area contributed by atoms with Gasteiger partial charge >= 0.3 is 18.0 Å². The predicted octanol–water partition coefficient (Wildman–Crippen LogP) is 2.74. The van der Waals surface area contributed by atoms with Crippen molar-refractivity contribution in [3.05, 3.63) is 78.2 Å². The Balaban J connectivity index is 0.000000644. The van der Waals surface area contributed by atoms with Gasteiger partial charge in [0, 0.05) is 34.6 Å². The normalized spacial score (nSPS) is 10.0. The summed E-state index contributed by atoms with van der Waals surface area (Å²) in [4.78, 5) is 44.6.